The Labute approximate surface area is 161 Å². The van der Waals surface area contributed by atoms with Crippen LogP contribution in [-0.2, 0) is 24.3 Å². The maximum Gasteiger partial charge on any atom is 0.321 e. The van der Waals surface area contributed by atoms with Crippen LogP contribution in [0.5, 0.6) is 5.75 Å². The molecule has 10 heteroatoms. The molecule has 0 fully saturated rings. The molecule has 2 rings (SSSR count). The quantitative estimate of drug-likeness (QED) is 0.609. The smallest absolute Gasteiger partial charge is 0.321 e. The molecular weight excluding hydrogens is 391 g/mol. The van der Waals surface area contributed by atoms with Crippen molar-refractivity contribution < 1.29 is 31.9 Å². The third-order valence-electron chi connectivity index (χ3n) is 3.35. The minimum Gasteiger partial charge on any atom is -0.494 e. The molecule has 1 amide bonds. The van der Waals surface area contributed by atoms with Gasteiger partial charge in [-0.3, -0.25) is 9.59 Å². The molecule has 0 spiro atoms. The topological polar surface area (TPSA) is 111 Å². The summed E-state index contributed by atoms with van der Waals surface area (Å²) in [5, 5.41) is 2.51. The molecular formula is C18H19FN2O6S. The van der Waals surface area contributed by atoms with E-state index in [0.717, 1.165) is 12.1 Å². The Morgan fingerprint density at radius 3 is 2.39 bits per heavy atom. The third-order valence-corrected chi connectivity index (χ3v) is 4.78. The van der Waals surface area contributed by atoms with Gasteiger partial charge in [-0.1, -0.05) is 12.1 Å². The number of ether oxygens (including phenoxy) is 2. The van der Waals surface area contributed by atoms with Crippen LogP contribution in [0.15, 0.2) is 53.4 Å². The molecule has 28 heavy (non-hydrogen) atoms. The Bertz CT molecular complexity index is 931. The fourth-order valence-electron chi connectivity index (χ4n) is 2.09. The summed E-state index contributed by atoms with van der Waals surface area (Å²) >= 11 is 0. The third kappa shape index (κ3) is 6.32. The average molecular weight is 410 g/mol. The summed E-state index contributed by atoms with van der Waals surface area (Å²) < 4.78 is 49.4. The minimum absolute atomic E-state index is 0.477. The van der Waals surface area contributed by atoms with E-state index in [1.54, 1.807) is 24.3 Å². The van der Waals surface area contributed by atoms with E-state index in [4.69, 9.17) is 9.47 Å². The zero-order chi connectivity index (χ0) is 20.6. The number of hydrogen-bond donors (Lipinski definition) is 2. The van der Waals surface area contributed by atoms with E-state index >= 15 is 0 Å². The second-order valence-electron chi connectivity index (χ2n) is 5.42. The van der Waals surface area contributed by atoms with Crippen LogP contribution >= 0.6 is 0 Å². The van der Waals surface area contributed by atoms with E-state index in [9.17, 15) is 22.4 Å². The highest BCUT2D eigenvalue weighted by Crippen LogP contribution is 2.15. The monoisotopic (exact) mass is 410 g/mol. The Hall–Kier alpha value is -2.98. The molecule has 0 heterocycles. The number of halogens is 1. The van der Waals surface area contributed by atoms with Crippen molar-refractivity contribution in [3.63, 3.8) is 0 Å². The molecule has 0 aromatic heterocycles. The van der Waals surface area contributed by atoms with Gasteiger partial charge in [0.25, 0.3) is 5.91 Å². The van der Waals surface area contributed by atoms with Gasteiger partial charge in [0.05, 0.1) is 6.61 Å². The van der Waals surface area contributed by atoms with Crippen LogP contribution in [0.3, 0.4) is 0 Å². The van der Waals surface area contributed by atoms with Crippen molar-refractivity contribution in [1.82, 2.24) is 4.72 Å². The van der Waals surface area contributed by atoms with Crippen molar-refractivity contribution in [2.45, 2.75) is 11.8 Å². The summed E-state index contributed by atoms with van der Waals surface area (Å²) in [5.74, 6) is -1.89. The van der Waals surface area contributed by atoms with Crippen LogP contribution in [-0.4, -0.2) is 40.1 Å². The summed E-state index contributed by atoms with van der Waals surface area (Å²) in [7, 11) is -4.22. The van der Waals surface area contributed by atoms with Gasteiger partial charge in [0.1, 0.15) is 23.0 Å². The van der Waals surface area contributed by atoms with E-state index in [2.05, 4.69) is 5.32 Å². The fraction of sp³-hybridized carbons (Fsp3) is 0.222. The van der Waals surface area contributed by atoms with Crippen LogP contribution in [0.25, 0.3) is 0 Å². The minimum atomic E-state index is -4.22. The number of nitrogens with one attached hydrogen (secondary N) is 2. The summed E-state index contributed by atoms with van der Waals surface area (Å²) in [5.41, 5.74) is 0.477. The molecule has 150 valence electrons. The number of carbonyl (C=O) groups is 2. The zero-order valence-corrected chi connectivity index (χ0v) is 15.8. The first-order valence-corrected chi connectivity index (χ1v) is 9.72. The van der Waals surface area contributed by atoms with Crippen LogP contribution in [0.1, 0.15) is 6.92 Å². The highest BCUT2D eigenvalue weighted by Gasteiger charge is 2.20. The molecule has 2 aromatic carbocycles. The Morgan fingerprint density at radius 2 is 1.75 bits per heavy atom. The lowest BCUT2D eigenvalue weighted by Crippen LogP contribution is -2.32. The number of hydrogen-bond acceptors (Lipinski definition) is 6. The first kappa shape index (κ1) is 21.3. The number of esters is 1. The molecule has 0 atom stereocenters. The number of amides is 1. The maximum atomic E-state index is 13.5. The van der Waals surface area contributed by atoms with Crippen LogP contribution in [0.4, 0.5) is 10.1 Å². The van der Waals surface area contributed by atoms with Crippen molar-refractivity contribution in [2.24, 2.45) is 0 Å². The van der Waals surface area contributed by atoms with Gasteiger partial charge in [-0.2, -0.15) is 4.72 Å². The molecule has 0 radical (unpaired) electrons. The predicted octanol–water partition coefficient (Wildman–Crippen LogP) is 1.68. The van der Waals surface area contributed by atoms with Gasteiger partial charge in [0, 0.05) is 5.69 Å². The second-order valence-corrected chi connectivity index (χ2v) is 7.16. The van der Waals surface area contributed by atoms with E-state index < -0.39 is 45.8 Å². The van der Waals surface area contributed by atoms with Crippen LogP contribution < -0.4 is 14.8 Å². The zero-order valence-electron chi connectivity index (χ0n) is 15.0. The van der Waals surface area contributed by atoms with E-state index in [1.807, 2.05) is 11.6 Å². The Morgan fingerprint density at radius 1 is 1.07 bits per heavy atom. The summed E-state index contributed by atoms with van der Waals surface area (Å²) in [4.78, 5) is 22.8. The number of sulfonamides is 1. The molecule has 2 N–H and O–H groups in total. The molecule has 0 aliphatic heterocycles. The molecule has 0 saturated carbocycles. The first-order valence-electron chi connectivity index (χ1n) is 8.24. The van der Waals surface area contributed by atoms with Crippen molar-refractivity contribution in [3.8, 4) is 5.75 Å². The van der Waals surface area contributed by atoms with Gasteiger partial charge < -0.3 is 14.8 Å². The summed E-state index contributed by atoms with van der Waals surface area (Å²) in [6.07, 6.45) is 0. The van der Waals surface area contributed by atoms with Crippen molar-refractivity contribution in [3.05, 3.63) is 54.3 Å². The summed E-state index contributed by atoms with van der Waals surface area (Å²) in [6, 6.07) is 11.3. The maximum absolute atomic E-state index is 13.5. The normalized spacial score (nSPS) is 10.9. The Kier molecular flexibility index (Phi) is 7.47. The lowest BCUT2D eigenvalue weighted by atomic mass is 10.3. The van der Waals surface area contributed by atoms with Gasteiger partial charge in [-0.25, -0.2) is 12.8 Å². The number of anilines is 1. The molecule has 0 aliphatic carbocycles. The molecule has 0 bridgehead atoms. The van der Waals surface area contributed by atoms with Crippen molar-refractivity contribution in [2.75, 3.05) is 25.1 Å². The lowest BCUT2D eigenvalue weighted by Gasteiger charge is -2.09. The average Bonchev–Trinajstić information content (AvgIpc) is 2.67. The van der Waals surface area contributed by atoms with Crippen LogP contribution in [0, 0.1) is 5.82 Å². The highest BCUT2D eigenvalue weighted by molar-refractivity contribution is 7.89. The predicted molar refractivity (Wildman–Crippen MR) is 98.8 cm³/mol. The van der Waals surface area contributed by atoms with Crippen molar-refractivity contribution >= 4 is 27.6 Å². The number of carbonyl (C=O) groups excluding carboxylic acids is 2. The molecule has 2 aromatic rings. The number of rotatable bonds is 9. The largest absolute Gasteiger partial charge is 0.494 e. The fourth-order valence-corrected chi connectivity index (χ4v) is 3.14. The highest BCUT2D eigenvalue weighted by atomic mass is 32.2. The van der Waals surface area contributed by atoms with Crippen LogP contribution in [0.2, 0.25) is 0 Å². The van der Waals surface area contributed by atoms with E-state index in [-0.39, 0.29) is 0 Å². The molecule has 0 saturated heterocycles. The molecule has 0 unspecified atom stereocenters. The Balaban J connectivity index is 1.79. The summed E-state index contributed by atoms with van der Waals surface area (Å²) in [6.45, 7) is 1.02. The molecule has 0 aliphatic rings. The molecule has 8 nitrogen and oxygen atoms in total. The van der Waals surface area contributed by atoms with Crippen molar-refractivity contribution in [1.29, 1.82) is 0 Å². The van der Waals surface area contributed by atoms with E-state index in [1.165, 1.54) is 12.1 Å². The first-order chi connectivity index (χ1) is 13.3. The van der Waals surface area contributed by atoms with Gasteiger partial charge in [0.15, 0.2) is 6.61 Å². The second kappa shape index (κ2) is 9.81. The van der Waals surface area contributed by atoms with Gasteiger partial charge >= 0.3 is 5.97 Å². The van der Waals surface area contributed by atoms with E-state index in [0.29, 0.717) is 18.0 Å². The van der Waals surface area contributed by atoms with Gasteiger partial charge in [0.2, 0.25) is 10.0 Å². The standard InChI is InChI=1S/C18H19FN2O6S/c1-2-26-14-9-7-13(8-10-14)21-17(22)12-27-18(23)11-20-28(24,25)16-6-4-3-5-15(16)19/h3-10,20H,2,11-12H2,1H3,(H,21,22). The SMILES string of the molecule is CCOc1ccc(NC(=O)COC(=O)CNS(=O)(=O)c2ccccc2F)cc1. The van der Waals surface area contributed by atoms with Gasteiger partial charge in [-0.05, 0) is 43.3 Å². The number of benzene rings is 2. The van der Waals surface area contributed by atoms with Gasteiger partial charge in [-0.15, -0.1) is 0 Å². The lowest BCUT2D eigenvalue weighted by molar-refractivity contribution is -0.146.